The smallest absolute Gasteiger partial charge is 0.321 e. The van der Waals surface area contributed by atoms with Crippen LogP contribution in [0.15, 0.2) is 53.4 Å². The maximum absolute atomic E-state index is 13.0. The fraction of sp³-hybridized carbons (Fsp3) is 0.364. The van der Waals surface area contributed by atoms with Gasteiger partial charge in [0.2, 0.25) is 5.91 Å². The standard InChI is InChI=1S/C22H26FN3O2S/c1-22(20(27)24-14-16-7-9-17(23)10-8-16)11-4-12-26(15-22)21(28)25-18-5-3-6-19(13-18)29-2/h3,5-10,13H,4,11-12,14-15H2,1-2H3,(H,24,27)(H,25,28)/t22-/m0/s1. The number of hydrogen-bond donors (Lipinski definition) is 2. The summed E-state index contributed by atoms with van der Waals surface area (Å²) in [5.74, 6) is -0.396. The molecule has 2 aromatic carbocycles. The van der Waals surface area contributed by atoms with Crippen molar-refractivity contribution in [1.82, 2.24) is 10.2 Å². The van der Waals surface area contributed by atoms with Crippen LogP contribution in [0, 0.1) is 11.2 Å². The van der Waals surface area contributed by atoms with Gasteiger partial charge in [0.1, 0.15) is 5.82 Å². The monoisotopic (exact) mass is 415 g/mol. The van der Waals surface area contributed by atoms with E-state index in [1.54, 1.807) is 28.8 Å². The van der Waals surface area contributed by atoms with E-state index >= 15 is 0 Å². The van der Waals surface area contributed by atoms with Crippen LogP contribution in [0.3, 0.4) is 0 Å². The second kappa shape index (κ2) is 9.31. The highest BCUT2D eigenvalue weighted by atomic mass is 32.2. The number of carbonyl (C=O) groups is 2. The molecule has 29 heavy (non-hydrogen) atoms. The minimum atomic E-state index is -0.656. The van der Waals surface area contributed by atoms with E-state index in [0.717, 1.165) is 22.6 Å². The predicted octanol–water partition coefficient (Wildman–Crippen LogP) is 4.50. The second-order valence-corrected chi connectivity index (χ2v) is 8.44. The van der Waals surface area contributed by atoms with Crippen LogP contribution in [0.2, 0.25) is 0 Å². The third kappa shape index (κ3) is 5.50. The summed E-state index contributed by atoms with van der Waals surface area (Å²) in [7, 11) is 0. The van der Waals surface area contributed by atoms with Crippen LogP contribution in [-0.2, 0) is 11.3 Å². The Morgan fingerprint density at radius 1 is 1.21 bits per heavy atom. The molecule has 1 aliphatic rings. The Labute approximate surface area is 175 Å². The number of amides is 3. The van der Waals surface area contributed by atoms with E-state index in [1.807, 2.05) is 37.4 Å². The number of piperidine rings is 1. The topological polar surface area (TPSA) is 61.4 Å². The number of nitrogens with one attached hydrogen (secondary N) is 2. The van der Waals surface area contributed by atoms with Gasteiger partial charge < -0.3 is 15.5 Å². The van der Waals surface area contributed by atoms with Crippen molar-refractivity contribution >= 4 is 29.4 Å². The lowest BCUT2D eigenvalue weighted by molar-refractivity contribution is -0.132. The summed E-state index contributed by atoms with van der Waals surface area (Å²) in [6.45, 7) is 3.20. The zero-order valence-electron chi connectivity index (χ0n) is 16.7. The first kappa shape index (κ1) is 21.2. The van der Waals surface area contributed by atoms with Gasteiger partial charge in [0.15, 0.2) is 0 Å². The summed E-state index contributed by atoms with van der Waals surface area (Å²) in [5.41, 5.74) is 0.925. The molecular formula is C22H26FN3O2S. The Hall–Kier alpha value is -2.54. The first-order valence-electron chi connectivity index (χ1n) is 9.62. The van der Waals surface area contributed by atoms with Crippen LogP contribution in [0.1, 0.15) is 25.3 Å². The molecule has 1 heterocycles. The number of thioether (sulfide) groups is 1. The molecule has 2 N–H and O–H groups in total. The molecule has 7 heteroatoms. The van der Waals surface area contributed by atoms with Crippen LogP contribution < -0.4 is 10.6 Å². The molecule has 0 aromatic heterocycles. The molecular weight excluding hydrogens is 389 g/mol. The Morgan fingerprint density at radius 2 is 1.97 bits per heavy atom. The molecule has 0 bridgehead atoms. The highest BCUT2D eigenvalue weighted by molar-refractivity contribution is 7.98. The van der Waals surface area contributed by atoms with Crippen molar-refractivity contribution in [1.29, 1.82) is 0 Å². The number of likely N-dealkylation sites (tertiary alicyclic amines) is 1. The van der Waals surface area contributed by atoms with Gasteiger partial charge in [-0.25, -0.2) is 9.18 Å². The molecule has 154 valence electrons. The third-order valence-corrected chi connectivity index (χ3v) is 5.94. The quantitative estimate of drug-likeness (QED) is 0.707. The number of urea groups is 1. The summed E-state index contributed by atoms with van der Waals surface area (Å²) >= 11 is 1.62. The van der Waals surface area contributed by atoms with E-state index in [2.05, 4.69) is 10.6 Å². The lowest BCUT2D eigenvalue weighted by Gasteiger charge is -2.39. The van der Waals surface area contributed by atoms with Crippen LogP contribution >= 0.6 is 11.8 Å². The van der Waals surface area contributed by atoms with E-state index in [9.17, 15) is 14.0 Å². The fourth-order valence-corrected chi connectivity index (χ4v) is 3.96. The molecule has 1 saturated heterocycles. The second-order valence-electron chi connectivity index (χ2n) is 7.56. The lowest BCUT2D eigenvalue weighted by Crippen LogP contribution is -2.52. The minimum Gasteiger partial charge on any atom is -0.351 e. The minimum absolute atomic E-state index is 0.0938. The van der Waals surface area contributed by atoms with E-state index in [0.29, 0.717) is 26.1 Å². The van der Waals surface area contributed by atoms with Crippen molar-refractivity contribution in [3.05, 3.63) is 59.9 Å². The van der Waals surface area contributed by atoms with Crippen molar-refractivity contribution in [2.75, 3.05) is 24.7 Å². The molecule has 0 spiro atoms. The fourth-order valence-electron chi connectivity index (χ4n) is 3.50. The van der Waals surface area contributed by atoms with Crippen molar-refractivity contribution in [2.45, 2.75) is 31.2 Å². The molecule has 0 saturated carbocycles. The molecule has 1 aliphatic heterocycles. The van der Waals surface area contributed by atoms with Crippen molar-refractivity contribution in [3.8, 4) is 0 Å². The van der Waals surface area contributed by atoms with Crippen LogP contribution in [0.4, 0.5) is 14.9 Å². The van der Waals surface area contributed by atoms with Gasteiger partial charge in [0.25, 0.3) is 0 Å². The molecule has 3 rings (SSSR count). The Bertz CT molecular complexity index is 875. The van der Waals surface area contributed by atoms with E-state index in [-0.39, 0.29) is 17.8 Å². The summed E-state index contributed by atoms with van der Waals surface area (Å²) < 4.78 is 13.0. The SMILES string of the molecule is CSc1cccc(NC(=O)N2CCC[C@](C)(C(=O)NCc3ccc(F)cc3)C2)c1. The van der Waals surface area contributed by atoms with Gasteiger partial charge in [-0.2, -0.15) is 0 Å². The number of benzene rings is 2. The number of hydrogen-bond acceptors (Lipinski definition) is 3. The van der Waals surface area contributed by atoms with Crippen molar-refractivity contribution in [2.24, 2.45) is 5.41 Å². The highest BCUT2D eigenvalue weighted by Gasteiger charge is 2.39. The van der Waals surface area contributed by atoms with Gasteiger partial charge in [-0.1, -0.05) is 18.2 Å². The van der Waals surface area contributed by atoms with Gasteiger partial charge in [0.05, 0.1) is 5.41 Å². The van der Waals surface area contributed by atoms with Crippen LogP contribution in [0.25, 0.3) is 0 Å². The molecule has 3 amide bonds. The number of halogens is 1. The Balaban J connectivity index is 1.59. The first-order chi connectivity index (χ1) is 13.9. The molecule has 1 fully saturated rings. The van der Waals surface area contributed by atoms with Crippen molar-refractivity contribution < 1.29 is 14.0 Å². The van der Waals surface area contributed by atoms with Gasteiger partial charge >= 0.3 is 6.03 Å². The number of anilines is 1. The molecule has 0 aliphatic carbocycles. The summed E-state index contributed by atoms with van der Waals surface area (Å²) in [6, 6.07) is 13.6. The molecule has 5 nitrogen and oxygen atoms in total. The normalized spacial score (nSPS) is 18.9. The molecule has 0 radical (unpaired) electrons. The van der Waals surface area contributed by atoms with Gasteiger partial charge in [0, 0.05) is 30.2 Å². The first-order valence-corrected chi connectivity index (χ1v) is 10.8. The van der Waals surface area contributed by atoms with Crippen molar-refractivity contribution in [3.63, 3.8) is 0 Å². The van der Waals surface area contributed by atoms with Crippen LogP contribution in [-0.4, -0.2) is 36.2 Å². The average molecular weight is 416 g/mol. The van der Waals surface area contributed by atoms with E-state index in [1.165, 1.54) is 12.1 Å². The maximum Gasteiger partial charge on any atom is 0.321 e. The molecule has 1 atom stereocenters. The third-order valence-electron chi connectivity index (χ3n) is 5.22. The number of nitrogens with zero attached hydrogens (tertiary/aromatic N) is 1. The summed E-state index contributed by atoms with van der Waals surface area (Å²) in [6.07, 6.45) is 3.47. The van der Waals surface area contributed by atoms with E-state index < -0.39 is 5.41 Å². The Morgan fingerprint density at radius 3 is 2.69 bits per heavy atom. The van der Waals surface area contributed by atoms with Crippen LogP contribution in [0.5, 0.6) is 0 Å². The number of carbonyl (C=O) groups excluding carboxylic acids is 2. The number of rotatable bonds is 5. The maximum atomic E-state index is 13.0. The summed E-state index contributed by atoms with van der Waals surface area (Å²) in [4.78, 5) is 28.3. The van der Waals surface area contributed by atoms with Gasteiger partial charge in [-0.3, -0.25) is 4.79 Å². The van der Waals surface area contributed by atoms with Gasteiger partial charge in [-0.15, -0.1) is 11.8 Å². The Kier molecular flexibility index (Phi) is 6.79. The lowest BCUT2D eigenvalue weighted by atomic mass is 9.81. The summed E-state index contributed by atoms with van der Waals surface area (Å²) in [5, 5.41) is 5.86. The average Bonchev–Trinajstić information content (AvgIpc) is 2.73. The molecule has 2 aromatic rings. The predicted molar refractivity (Wildman–Crippen MR) is 114 cm³/mol. The zero-order valence-corrected chi connectivity index (χ0v) is 17.5. The van der Waals surface area contributed by atoms with Gasteiger partial charge in [-0.05, 0) is 61.9 Å². The van der Waals surface area contributed by atoms with E-state index in [4.69, 9.17) is 0 Å². The molecule has 0 unspecified atom stereocenters. The highest BCUT2D eigenvalue weighted by Crippen LogP contribution is 2.30. The largest absolute Gasteiger partial charge is 0.351 e. The zero-order chi connectivity index (χ0) is 20.9.